The summed E-state index contributed by atoms with van der Waals surface area (Å²) in [6, 6.07) is 0.855. The van der Waals surface area contributed by atoms with Crippen molar-refractivity contribution in [2.75, 3.05) is 39.0 Å². The molecule has 2 aliphatic carbocycles. The largest absolute Gasteiger partial charge is 0.480 e. The summed E-state index contributed by atoms with van der Waals surface area (Å²) in [5.74, 6) is -0.285. The van der Waals surface area contributed by atoms with Gasteiger partial charge in [0.15, 0.2) is 9.84 Å². The average molecular weight is 532 g/mol. The number of likely N-dealkylation sites (tertiary alicyclic amines) is 1. The van der Waals surface area contributed by atoms with E-state index in [2.05, 4.69) is 15.2 Å². The second-order valence-electron chi connectivity index (χ2n) is 10.8. The maximum Gasteiger partial charge on any atom is 0.433 e. The van der Waals surface area contributed by atoms with Gasteiger partial charge < -0.3 is 15.0 Å². The van der Waals surface area contributed by atoms with E-state index in [1.807, 2.05) is 0 Å². The number of carbonyl (C=O) groups excluding carboxylic acids is 1. The number of alkyl halides is 3. The monoisotopic (exact) mass is 531 g/mol. The van der Waals surface area contributed by atoms with Crippen molar-refractivity contribution in [1.82, 2.24) is 15.2 Å². The Bertz CT molecular complexity index is 1060. The lowest BCUT2D eigenvalue weighted by atomic mass is 9.73. The highest BCUT2D eigenvalue weighted by Gasteiger charge is 2.43. The number of aromatic nitrogens is 1. The van der Waals surface area contributed by atoms with Crippen molar-refractivity contribution in [2.45, 2.75) is 69.7 Å². The van der Waals surface area contributed by atoms with Crippen LogP contribution in [0.15, 0.2) is 6.07 Å². The Labute approximate surface area is 211 Å². The third-order valence-corrected chi connectivity index (χ3v) is 10.4. The lowest BCUT2D eigenvalue weighted by Crippen LogP contribution is -2.48. The molecule has 36 heavy (non-hydrogen) atoms. The van der Waals surface area contributed by atoms with Crippen molar-refractivity contribution in [2.24, 2.45) is 11.3 Å². The topological polar surface area (TPSA) is 88.6 Å². The van der Waals surface area contributed by atoms with Gasteiger partial charge in [0.25, 0.3) is 5.91 Å². The quantitative estimate of drug-likeness (QED) is 0.518. The minimum Gasteiger partial charge on any atom is -0.480 e. The van der Waals surface area contributed by atoms with Gasteiger partial charge >= 0.3 is 6.18 Å². The van der Waals surface area contributed by atoms with Gasteiger partial charge in [-0.05, 0) is 88.9 Å². The van der Waals surface area contributed by atoms with Gasteiger partial charge in [0.2, 0.25) is 5.88 Å². The van der Waals surface area contributed by atoms with Gasteiger partial charge in [-0.15, -0.1) is 0 Å². The Hall–Kier alpha value is -1.88. The zero-order valence-corrected chi connectivity index (χ0v) is 21.8. The van der Waals surface area contributed by atoms with Crippen molar-refractivity contribution in [1.29, 1.82) is 0 Å². The van der Waals surface area contributed by atoms with Gasteiger partial charge in [0.1, 0.15) is 11.3 Å². The number of amides is 1. The van der Waals surface area contributed by atoms with Crippen molar-refractivity contribution in [3.8, 4) is 5.88 Å². The molecule has 2 heterocycles. The number of rotatable bonds is 9. The fourth-order valence-electron chi connectivity index (χ4n) is 5.69. The standard InChI is InChI=1S/C25H36F3N3O4S/c1-17-13-20(25(26,27)28)30-23(35-2)21(17)22(32)29-15-24(16-31-11-3-4-12-31)9-7-19(8-10-24)36(33,34)14-18-5-6-18/h13,18-19H,3-12,14-16H2,1-2H3,(H,29,32). The lowest BCUT2D eigenvalue weighted by Gasteiger charge is -2.42. The molecule has 0 bridgehead atoms. The Morgan fingerprint density at radius 1 is 1.19 bits per heavy atom. The van der Waals surface area contributed by atoms with Crippen molar-refractivity contribution >= 4 is 15.7 Å². The molecule has 4 rings (SSSR count). The summed E-state index contributed by atoms with van der Waals surface area (Å²) in [5, 5.41) is 2.61. The van der Waals surface area contributed by atoms with Crippen LogP contribution < -0.4 is 10.1 Å². The molecule has 3 fully saturated rings. The van der Waals surface area contributed by atoms with Crippen LogP contribution in [-0.2, 0) is 16.0 Å². The summed E-state index contributed by atoms with van der Waals surface area (Å²) < 4.78 is 70.3. The minimum atomic E-state index is -4.65. The van der Waals surface area contributed by atoms with Gasteiger partial charge in [-0.3, -0.25) is 4.79 Å². The molecular formula is C25H36F3N3O4S. The van der Waals surface area contributed by atoms with Crippen molar-refractivity contribution < 1.29 is 31.1 Å². The Balaban J connectivity index is 1.48. The summed E-state index contributed by atoms with van der Waals surface area (Å²) in [4.78, 5) is 19.1. The molecular weight excluding hydrogens is 495 g/mol. The van der Waals surface area contributed by atoms with Crippen LogP contribution in [0.4, 0.5) is 13.2 Å². The van der Waals surface area contributed by atoms with E-state index in [0.717, 1.165) is 51.4 Å². The van der Waals surface area contributed by atoms with Gasteiger partial charge in [0, 0.05) is 18.5 Å². The predicted octanol–water partition coefficient (Wildman–Crippen LogP) is 4.00. The highest BCUT2D eigenvalue weighted by molar-refractivity contribution is 7.92. The van der Waals surface area contributed by atoms with Crippen molar-refractivity contribution in [3.05, 3.63) is 22.9 Å². The summed E-state index contributed by atoms with van der Waals surface area (Å²) in [7, 11) is -1.93. The SMILES string of the molecule is COc1nc(C(F)(F)F)cc(C)c1C(=O)NCC1(CN2CCCC2)CCC(S(=O)(=O)CC2CC2)CC1. The van der Waals surface area contributed by atoms with Crippen LogP contribution >= 0.6 is 0 Å². The number of halogens is 3. The molecule has 1 aromatic heterocycles. The smallest absolute Gasteiger partial charge is 0.433 e. The molecule has 0 unspecified atom stereocenters. The van der Waals surface area contributed by atoms with Crippen LogP contribution in [-0.4, -0.2) is 68.5 Å². The fourth-order valence-corrected chi connectivity index (χ4v) is 7.90. The molecule has 0 radical (unpaired) electrons. The summed E-state index contributed by atoms with van der Waals surface area (Å²) in [6.07, 6.45) is 2.09. The highest BCUT2D eigenvalue weighted by atomic mass is 32.2. The van der Waals surface area contributed by atoms with Gasteiger partial charge in [-0.25, -0.2) is 13.4 Å². The number of pyridine rings is 1. The van der Waals surface area contributed by atoms with Crippen LogP contribution in [0.3, 0.4) is 0 Å². The van der Waals surface area contributed by atoms with E-state index in [1.165, 1.54) is 14.0 Å². The Morgan fingerprint density at radius 2 is 1.83 bits per heavy atom. The fraction of sp³-hybridized carbons (Fsp3) is 0.760. The zero-order chi connectivity index (χ0) is 26.1. The van der Waals surface area contributed by atoms with E-state index in [1.54, 1.807) is 0 Å². The molecule has 0 atom stereocenters. The number of aryl methyl sites for hydroxylation is 1. The number of methoxy groups -OCH3 is 1. The molecule has 1 aliphatic heterocycles. The van der Waals surface area contributed by atoms with Gasteiger partial charge in [0.05, 0.1) is 18.1 Å². The van der Waals surface area contributed by atoms with Crippen LogP contribution in [0, 0.1) is 18.3 Å². The third kappa shape index (κ3) is 6.33. The lowest BCUT2D eigenvalue weighted by molar-refractivity contribution is -0.141. The number of hydrogen-bond acceptors (Lipinski definition) is 6. The molecule has 2 saturated carbocycles. The van der Waals surface area contributed by atoms with E-state index in [0.29, 0.717) is 38.1 Å². The predicted molar refractivity (Wildman–Crippen MR) is 130 cm³/mol. The molecule has 202 valence electrons. The molecule has 0 spiro atoms. The maximum absolute atomic E-state index is 13.2. The van der Waals surface area contributed by atoms with Crippen LogP contribution in [0.5, 0.6) is 5.88 Å². The van der Waals surface area contributed by atoms with E-state index in [9.17, 15) is 26.4 Å². The van der Waals surface area contributed by atoms with E-state index in [-0.39, 0.29) is 33.4 Å². The molecule has 0 aromatic carbocycles. The number of ether oxygens (including phenoxy) is 1. The number of hydrogen-bond donors (Lipinski definition) is 1. The number of nitrogens with zero attached hydrogens (tertiary/aromatic N) is 2. The van der Waals surface area contributed by atoms with Gasteiger partial charge in [-0.2, -0.15) is 13.2 Å². The summed E-state index contributed by atoms with van der Waals surface area (Å²) in [5.41, 5.74) is -1.27. The number of nitrogens with one attached hydrogen (secondary N) is 1. The van der Waals surface area contributed by atoms with Crippen LogP contribution in [0.1, 0.15) is 73.0 Å². The number of carbonyl (C=O) groups is 1. The maximum atomic E-state index is 13.2. The van der Waals surface area contributed by atoms with Crippen LogP contribution in [0.25, 0.3) is 0 Å². The first-order valence-corrected chi connectivity index (χ1v) is 14.5. The Morgan fingerprint density at radius 3 is 2.39 bits per heavy atom. The van der Waals surface area contributed by atoms with Crippen molar-refractivity contribution in [3.63, 3.8) is 0 Å². The first-order valence-electron chi connectivity index (χ1n) is 12.8. The second kappa shape index (κ2) is 10.5. The summed E-state index contributed by atoms with van der Waals surface area (Å²) >= 11 is 0. The van der Waals surface area contributed by atoms with E-state index < -0.39 is 27.6 Å². The molecule has 1 amide bonds. The third-order valence-electron chi connectivity index (χ3n) is 7.94. The number of sulfone groups is 1. The highest BCUT2D eigenvalue weighted by Crippen LogP contribution is 2.41. The second-order valence-corrected chi connectivity index (χ2v) is 13.2. The first-order chi connectivity index (χ1) is 16.9. The van der Waals surface area contributed by atoms with Gasteiger partial charge in [-0.1, -0.05) is 0 Å². The Kier molecular flexibility index (Phi) is 7.90. The molecule has 1 N–H and O–H groups in total. The van der Waals surface area contributed by atoms with E-state index in [4.69, 9.17) is 4.74 Å². The normalized spacial score (nSPS) is 25.6. The minimum absolute atomic E-state index is 0.0116. The molecule has 11 heteroatoms. The molecule has 3 aliphatic rings. The molecule has 1 saturated heterocycles. The summed E-state index contributed by atoms with van der Waals surface area (Å²) in [6.45, 7) is 4.49. The first kappa shape index (κ1) is 27.2. The zero-order valence-electron chi connectivity index (χ0n) is 21.0. The van der Waals surface area contributed by atoms with E-state index >= 15 is 0 Å². The van der Waals surface area contributed by atoms with Crippen LogP contribution in [0.2, 0.25) is 0 Å². The average Bonchev–Trinajstić information content (AvgIpc) is 3.47. The molecule has 1 aromatic rings. The molecule has 7 nitrogen and oxygen atoms in total.